The lowest BCUT2D eigenvalue weighted by Gasteiger charge is -2.04. The van der Waals surface area contributed by atoms with Crippen molar-refractivity contribution in [2.75, 3.05) is 0 Å². The van der Waals surface area contributed by atoms with E-state index >= 15 is 0 Å². The maximum atomic E-state index is 12.0. The van der Waals surface area contributed by atoms with Crippen LogP contribution >= 0.6 is 0 Å². The molecule has 3 aromatic rings. The Morgan fingerprint density at radius 1 is 0.962 bits per heavy atom. The van der Waals surface area contributed by atoms with Crippen LogP contribution in [0.5, 0.6) is 5.75 Å². The summed E-state index contributed by atoms with van der Waals surface area (Å²) in [5.74, 6) is 0.648. The average molecular weight is 353 g/mol. The number of ether oxygens (including phenoxy) is 2. The van der Waals surface area contributed by atoms with Crippen LogP contribution in [0.4, 0.5) is 5.69 Å². The summed E-state index contributed by atoms with van der Waals surface area (Å²) in [6, 6.07) is 18.2. The van der Waals surface area contributed by atoms with Crippen molar-refractivity contribution in [2.24, 2.45) is 0 Å². The monoisotopic (exact) mass is 353 g/mol. The maximum absolute atomic E-state index is 12.0. The quantitative estimate of drug-likeness (QED) is 0.360. The van der Waals surface area contributed by atoms with Crippen molar-refractivity contribution in [3.63, 3.8) is 0 Å². The fourth-order valence-electron chi connectivity index (χ4n) is 2.17. The lowest BCUT2D eigenvalue weighted by Crippen LogP contribution is -2.04. The first-order chi connectivity index (χ1) is 12.6. The highest BCUT2D eigenvalue weighted by molar-refractivity contribution is 5.86. The highest BCUT2D eigenvalue weighted by Crippen LogP contribution is 2.16. The number of furan rings is 1. The number of esters is 1. The number of carbonyl (C=O) groups excluding carboxylic acids is 1. The Balaban J connectivity index is 1.52. The molecule has 0 amide bonds. The molecule has 0 aliphatic rings. The summed E-state index contributed by atoms with van der Waals surface area (Å²) in [5, 5.41) is 10.6. The summed E-state index contributed by atoms with van der Waals surface area (Å²) in [7, 11) is 0. The number of carbonyl (C=O) groups is 1. The van der Waals surface area contributed by atoms with E-state index in [1.807, 2.05) is 30.3 Å². The molecular weight excluding hydrogens is 338 g/mol. The predicted octanol–water partition coefficient (Wildman–Crippen LogP) is 4.12. The fraction of sp³-hybridized carbons (Fsp3) is 0.105. The Kier molecular flexibility index (Phi) is 5.28. The van der Waals surface area contributed by atoms with Crippen molar-refractivity contribution in [3.05, 3.63) is 93.9 Å². The maximum Gasteiger partial charge on any atom is 0.374 e. The summed E-state index contributed by atoms with van der Waals surface area (Å²) in [6.45, 7) is 0.188. The van der Waals surface area contributed by atoms with Gasteiger partial charge in [-0.15, -0.1) is 0 Å². The average Bonchev–Trinajstić information content (AvgIpc) is 3.15. The molecule has 7 nitrogen and oxygen atoms in total. The van der Waals surface area contributed by atoms with Crippen molar-refractivity contribution in [1.82, 2.24) is 0 Å². The van der Waals surface area contributed by atoms with Gasteiger partial charge in [0.2, 0.25) is 5.76 Å². The van der Waals surface area contributed by atoms with Gasteiger partial charge in [-0.25, -0.2) is 4.79 Å². The molecule has 1 heterocycles. The van der Waals surface area contributed by atoms with Crippen LogP contribution in [0.2, 0.25) is 0 Å². The second-order valence-electron chi connectivity index (χ2n) is 5.37. The summed E-state index contributed by atoms with van der Waals surface area (Å²) in [5.41, 5.74) is 0.623. The van der Waals surface area contributed by atoms with E-state index < -0.39 is 10.9 Å². The molecule has 0 saturated heterocycles. The molecule has 0 unspecified atom stereocenters. The zero-order chi connectivity index (χ0) is 18.4. The normalized spacial score (nSPS) is 10.3. The number of nitrogens with zero attached hydrogens (tertiary/aromatic N) is 1. The van der Waals surface area contributed by atoms with Crippen LogP contribution in [0.15, 0.2) is 71.1 Å². The van der Waals surface area contributed by atoms with Crippen LogP contribution in [0.1, 0.15) is 21.9 Å². The third-order valence-corrected chi connectivity index (χ3v) is 3.50. The first-order valence-corrected chi connectivity index (χ1v) is 7.79. The van der Waals surface area contributed by atoms with Gasteiger partial charge in [-0.05, 0) is 42.0 Å². The second kappa shape index (κ2) is 7.98. The Morgan fingerprint density at radius 3 is 2.38 bits per heavy atom. The number of nitro groups is 1. The molecule has 0 N–H and O–H groups in total. The van der Waals surface area contributed by atoms with Gasteiger partial charge in [0.25, 0.3) is 5.69 Å². The van der Waals surface area contributed by atoms with Gasteiger partial charge in [0, 0.05) is 12.1 Å². The smallest absolute Gasteiger partial charge is 0.374 e. The molecule has 0 spiro atoms. The summed E-state index contributed by atoms with van der Waals surface area (Å²) < 4.78 is 16.1. The van der Waals surface area contributed by atoms with Gasteiger partial charge in [-0.2, -0.15) is 0 Å². The molecule has 26 heavy (non-hydrogen) atoms. The van der Waals surface area contributed by atoms with Crippen LogP contribution in [0.3, 0.4) is 0 Å². The molecule has 3 rings (SSSR count). The Hall–Kier alpha value is -3.61. The number of hydrogen-bond acceptors (Lipinski definition) is 6. The lowest BCUT2D eigenvalue weighted by molar-refractivity contribution is -0.384. The molecule has 0 saturated carbocycles. The van der Waals surface area contributed by atoms with Crippen LogP contribution in [-0.2, 0) is 18.0 Å². The fourth-order valence-corrected chi connectivity index (χ4v) is 2.17. The van der Waals surface area contributed by atoms with Crippen molar-refractivity contribution in [2.45, 2.75) is 13.2 Å². The Bertz CT molecular complexity index is 886. The van der Waals surface area contributed by atoms with E-state index in [0.717, 1.165) is 0 Å². The molecule has 0 bridgehead atoms. The minimum absolute atomic E-state index is 0.00657. The Morgan fingerprint density at radius 2 is 1.69 bits per heavy atom. The number of non-ortho nitro benzene ring substituents is 1. The van der Waals surface area contributed by atoms with Crippen LogP contribution in [0, 0.1) is 10.1 Å². The zero-order valence-electron chi connectivity index (χ0n) is 13.7. The van der Waals surface area contributed by atoms with Gasteiger partial charge in [-0.3, -0.25) is 10.1 Å². The molecule has 132 valence electrons. The number of hydrogen-bond donors (Lipinski definition) is 0. The summed E-state index contributed by atoms with van der Waals surface area (Å²) in [4.78, 5) is 22.1. The van der Waals surface area contributed by atoms with E-state index in [1.54, 1.807) is 6.07 Å². The topological polar surface area (TPSA) is 91.8 Å². The minimum atomic E-state index is -0.616. The zero-order valence-corrected chi connectivity index (χ0v) is 13.7. The third kappa shape index (κ3) is 4.47. The van der Waals surface area contributed by atoms with E-state index in [0.29, 0.717) is 17.1 Å². The standard InChI is InChI=1S/C19H15NO6/c21-19(25-12-14-6-8-15(9-7-14)20(22)23)18-11-10-17(26-18)13-24-16-4-2-1-3-5-16/h1-11H,12-13H2. The van der Waals surface area contributed by atoms with Crippen molar-refractivity contribution < 1.29 is 23.6 Å². The van der Waals surface area contributed by atoms with E-state index in [2.05, 4.69) is 0 Å². The van der Waals surface area contributed by atoms with Gasteiger partial charge in [0.1, 0.15) is 24.7 Å². The summed E-state index contributed by atoms with van der Waals surface area (Å²) in [6.07, 6.45) is 0. The van der Waals surface area contributed by atoms with Crippen LogP contribution in [0.25, 0.3) is 0 Å². The predicted molar refractivity (Wildman–Crippen MR) is 91.7 cm³/mol. The lowest BCUT2D eigenvalue weighted by atomic mass is 10.2. The van der Waals surface area contributed by atoms with E-state index in [1.165, 1.54) is 30.3 Å². The molecule has 0 atom stereocenters. The van der Waals surface area contributed by atoms with Gasteiger partial charge >= 0.3 is 5.97 Å². The van der Waals surface area contributed by atoms with E-state index in [-0.39, 0.29) is 24.7 Å². The number of para-hydroxylation sites is 1. The van der Waals surface area contributed by atoms with Crippen LogP contribution < -0.4 is 4.74 Å². The van der Waals surface area contributed by atoms with Crippen molar-refractivity contribution in [3.8, 4) is 5.75 Å². The van der Waals surface area contributed by atoms with Gasteiger partial charge in [0.05, 0.1) is 4.92 Å². The van der Waals surface area contributed by atoms with E-state index in [9.17, 15) is 14.9 Å². The molecule has 0 aliphatic carbocycles. The number of nitro benzene ring substituents is 1. The van der Waals surface area contributed by atoms with E-state index in [4.69, 9.17) is 13.9 Å². The van der Waals surface area contributed by atoms with Gasteiger partial charge in [0.15, 0.2) is 0 Å². The number of benzene rings is 2. The molecular formula is C19H15NO6. The number of rotatable bonds is 7. The largest absolute Gasteiger partial charge is 0.486 e. The highest BCUT2D eigenvalue weighted by Gasteiger charge is 2.14. The summed E-state index contributed by atoms with van der Waals surface area (Å²) >= 11 is 0. The van der Waals surface area contributed by atoms with Gasteiger partial charge in [-0.1, -0.05) is 18.2 Å². The molecule has 7 heteroatoms. The molecule has 0 aliphatic heterocycles. The molecule has 1 aromatic heterocycles. The highest BCUT2D eigenvalue weighted by atomic mass is 16.6. The van der Waals surface area contributed by atoms with Gasteiger partial charge < -0.3 is 13.9 Å². The van der Waals surface area contributed by atoms with Crippen molar-refractivity contribution in [1.29, 1.82) is 0 Å². The second-order valence-corrected chi connectivity index (χ2v) is 5.37. The van der Waals surface area contributed by atoms with Crippen molar-refractivity contribution >= 4 is 11.7 Å². The molecule has 0 fully saturated rings. The SMILES string of the molecule is O=C(OCc1ccc([N+](=O)[O-])cc1)c1ccc(COc2ccccc2)o1. The minimum Gasteiger partial charge on any atom is -0.486 e. The first kappa shape index (κ1) is 17.2. The molecule has 0 radical (unpaired) electrons. The first-order valence-electron chi connectivity index (χ1n) is 7.79. The molecule has 2 aromatic carbocycles. The van der Waals surface area contributed by atoms with Crippen LogP contribution in [-0.4, -0.2) is 10.9 Å². The Labute approximate surface area is 148 Å². The third-order valence-electron chi connectivity index (χ3n) is 3.50.